The maximum Gasteiger partial charge on any atom is 0.255 e. The van der Waals surface area contributed by atoms with Crippen LogP contribution >= 0.6 is 0 Å². The summed E-state index contributed by atoms with van der Waals surface area (Å²) in [4.78, 5) is 40.2. The normalized spacial score (nSPS) is 20.8. The van der Waals surface area contributed by atoms with Crippen LogP contribution in [0.5, 0.6) is 0 Å². The Hall–Kier alpha value is -3.68. The summed E-state index contributed by atoms with van der Waals surface area (Å²) >= 11 is 0. The van der Waals surface area contributed by atoms with E-state index in [0.717, 1.165) is 28.1 Å². The minimum atomic E-state index is -0.634. The highest BCUT2D eigenvalue weighted by Crippen LogP contribution is 2.34. The second-order valence-corrected chi connectivity index (χ2v) is 8.04. The van der Waals surface area contributed by atoms with Crippen LogP contribution in [0.15, 0.2) is 42.5 Å². The number of hydrogen-bond acceptors (Lipinski definition) is 5. The Kier molecular flexibility index (Phi) is 4.50. The zero-order chi connectivity index (χ0) is 21.7. The van der Waals surface area contributed by atoms with Crippen LogP contribution in [0.1, 0.15) is 39.9 Å². The number of amides is 3. The lowest BCUT2D eigenvalue weighted by Gasteiger charge is -2.29. The molecule has 158 valence electrons. The molecule has 8 heteroatoms. The summed E-state index contributed by atoms with van der Waals surface area (Å²) in [5.74, 6) is -1.20. The van der Waals surface area contributed by atoms with Gasteiger partial charge in [0.2, 0.25) is 11.8 Å². The molecule has 0 aliphatic carbocycles. The molecule has 7 nitrogen and oxygen atoms in total. The third kappa shape index (κ3) is 3.24. The van der Waals surface area contributed by atoms with Crippen molar-refractivity contribution in [3.63, 3.8) is 0 Å². The summed E-state index contributed by atoms with van der Waals surface area (Å²) in [5.41, 5.74) is 5.08. The fraction of sp³-hybridized carbons (Fsp3) is 0.261. The van der Waals surface area contributed by atoms with Gasteiger partial charge in [-0.3, -0.25) is 19.7 Å². The van der Waals surface area contributed by atoms with Crippen LogP contribution in [0.2, 0.25) is 0 Å². The predicted octanol–water partition coefficient (Wildman–Crippen LogP) is 1.91. The Labute approximate surface area is 178 Å². The molecule has 0 bridgehead atoms. The summed E-state index contributed by atoms with van der Waals surface area (Å²) < 4.78 is 13.4. The standard InChI is InChI=1S/C23H21FN4O3/c1-27-12-25-20(21(27)13-2-5-16(24)6-3-13)14-4-7-17-15(10-14)11-28(23(17)31)18-8-9-19(29)26-22(18)30/h2-7,10,18,25H,8-9,11-12H2,1H3,(H,26,29,30). The van der Waals surface area contributed by atoms with Crippen molar-refractivity contribution in [3.8, 4) is 0 Å². The van der Waals surface area contributed by atoms with E-state index in [-0.39, 0.29) is 24.1 Å². The molecule has 0 radical (unpaired) electrons. The van der Waals surface area contributed by atoms with Crippen molar-refractivity contribution in [1.29, 1.82) is 0 Å². The Bertz CT molecular complexity index is 1140. The molecule has 1 fully saturated rings. The topological polar surface area (TPSA) is 81.8 Å². The number of fused-ring (bicyclic) bond motifs is 1. The van der Waals surface area contributed by atoms with Gasteiger partial charge in [-0.05, 0) is 48.4 Å². The van der Waals surface area contributed by atoms with E-state index in [1.54, 1.807) is 23.1 Å². The lowest BCUT2D eigenvalue weighted by molar-refractivity contribution is -0.136. The Morgan fingerprint density at radius 1 is 1.03 bits per heavy atom. The third-order valence-corrected chi connectivity index (χ3v) is 6.04. The first-order valence-corrected chi connectivity index (χ1v) is 10.2. The van der Waals surface area contributed by atoms with E-state index < -0.39 is 11.9 Å². The molecule has 0 aromatic heterocycles. The predicted molar refractivity (Wildman–Crippen MR) is 111 cm³/mol. The fourth-order valence-electron chi connectivity index (χ4n) is 4.49. The molecule has 0 spiro atoms. The van der Waals surface area contributed by atoms with Crippen molar-refractivity contribution in [3.05, 3.63) is 70.5 Å². The van der Waals surface area contributed by atoms with Crippen molar-refractivity contribution < 1.29 is 18.8 Å². The van der Waals surface area contributed by atoms with Crippen molar-refractivity contribution in [2.24, 2.45) is 0 Å². The van der Waals surface area contributed by atoms with Crippen molar-refractivity contribution in [2.75, 3.05) is 13.7 Å². The Morgan fingerprint density at radius 3 is 2.52 bits per heavy atom. The zero-order valence-electron chi connectivity index (χ0n) is 16.9. The second kappa shape index (κ2) is 7.23. The number of carbonyl (C=O) groups is 3. The molecule has 0 saturated carbocycles. The van der Waals surface area contributed by atoms with Gasteiger partial charge in [0.05, 0.1) is 18.1 Å². The maximum absolute atomic E-state index is 13.4. The van der Waals surface area contributed by atoms with E-state index in [1.807, 2.05) is 19.2 Å². The number of benzene rings is 2. The zero-order valence-corrected chi connectivity index (χ0v) is 16.9. The number of nitrogens with one attached hydrogen (secondary N) is 2. The Morgan fingerprint density at radius 2 is 1.77 bits per heavy atom. The van der Waals surface area contributed by atoms with E-state index in [1.165, 1.54) is 12.1 Å². The van der Waals surface area contributed by atoms with Crippen molar-refractivity contribution >= 4 is 29.1 Å². The average molecular weight is 420 g/mol. The third-order valence-electron chi connectivity index (χ3n) is 6.04. The molecule has 1 saturated heterocycles. The molecular formula is C23H21FN4O3. The molecule has 3 heterocycles. The Balaban J connectivity index is 1.48. The van der Waals surface area contributed by atoms with Gasteiger partial charge >= 0.3 is 0 Å². The number of hydrogen-bond donors (Lipinski definition) is 2. The monoisotopic (exact) mass is 420 g/mol. The first-order valence-electron chi connectivity index (χ1n) is 10.2. The van der Waals surface area contributed by atoms with Crippen LogP contribution in [-0.2, 0) is 16.1 Å². The van der Waals surface area contributed by atoms with Gasteiger partial charge in [-0.2, -0.15) is 0 Å². The van der Waals surface area contributed by atoms with Crippen LogP contribution in [0, 0.1) is 5.82 Å². The summed E-state index contributed by atoms with van der Waals surface area (Å²) in [7, 11) is 1.96. The van der Waals surface area contributed by atoms with Gasteiger partial charge in [0.25, 0.3) is 5.91 Å². The SMILES string of the molecule is CN1CNC(c2ccc3c(c2)CN(C2CCC(=O)NC2=O)C3=O)=C1c1ccc(F)cc1. The fourth-order valence-corrected chi connectivity index (χ4v) is 4.49. The second-order valence-electron chi connectivity index (χ2n) is 8.04. The molecule has 2 N–H and O–H groups in total. The summed E-state index contributed by atoms with van der Waals surface area (Å²) in [5, 5.41) is 5.71. The molecular weight excluding hydrogens is 399 g/mol. The maximum atomic E-state index is 13.4. The molecule has 3 aliphatic rings. The van der Waals surface area contributed by atoms with Gasteiger partial charge in [0.1, 0.15) is 11.9 Å². The highest BCUT2D eigenvalue weighted by molar-refractivity contribution is 6.05. The number of rotatable bonds is 3. The summed E-state index contributed by atoms with van der Waals surface area (Å²) in [6.07, 6.45) is 0.565. The van der Waals surface area contributed by atoms with E-state index in [0.29, 0.717) is 25.2 Å². The van der Waals surface area contributed by atoms with Crippen LogP contribution in [0.25, 0.3) is 11.4 Å². The van der Waals surface area contributed by atoms with Crippen LogP contribution in [0.4, 0.5) is 4.39 Å². The average Bonchev–Trinajstić information content (AvgIpc) is 3.28. The minimum Gasteiger partial charge on any atom is -0.366 e. The van der Waals surface area contributed by atoms with Crippen molar-refractivity contribution in [2.45, 2.75) is 25.4 Å². The molecule has 31 heavy (non-hydrogen) atoms. The van der Waals surface area contributed by atoms with Crippen molar-refractivity contribution in [1.82, 2.24) is 20.4 Å². The van der Waals surface area contributed by atoms with Crippen LogP contribution in [0.3, 0.4) is 0 Å². The van der Waals surface area contributed by atoms with E-state index in [4.69, 9.17) is 0 Å². The molecule has 5 rings (SSSR count). The van der Waals surface area contributed by atoms with Crippen LogP contribution in [-0.4, -0.2) is 47.3 Å². The first-order chi connectivity index (χ1) is 14.9. The van der Waals surface area contributed by atoms with E-state index in [2.05, 4.69) is 15.5 Å². The first kappa shape index (κ1) is 19.3. The van der Waals surface area contributed by atoms with Gasteiger partial charge in [-0.15, -0.1) is 0 Å². The molecule has 2 aromatic rings. The molecule has 1 unspecified atom stereocenters. The quantitative estimate of drug-likeness (QED) is 0.742. The minimum absolute atomic E-state index is 0.194. The lowest BCUT2D eigenvalue weighted by Crippen LogP contribution is -2.52. The lowest BCUT2D eigenvalue weighted by atomic mass is 10.0. The molecule has 3 amide bonds. The smallest absolute Gasteiger partial charge is 0.255 e. The number of nitrogens with zero attached hydrogens (tertiary/aromatic N) is 2. The van der Waals surface area contributed by atoms with E-state index in [9.17, 15) is 18.8 Å². The van der Waals surface area contributed by atoms with Gasteiger partial charge in [-0.25, -0.2) is 4.39 Å². The van der Waals surface area contributed by atoms with E-state index >= 15 is 0 Å². The highest BCUT2D eigenvalue weighted by Gasteiger charge is 2.39. The van der Waals surface area contributed by atoms with Gasteiger partial charge in [-0.1, -0.05) is 6.07 Å². The molecule has 3 aliphatic heterocycles. The summed E-state index contributed by atoms with van der Waals surface area (Å²) in [6.45, 7) is 0.934. The molecule has 2 aromatic carbocycles. The number of halogens is 1. The van der Waals surface area contributed by atoms with Gasteiger partial charge in [0, 0.05) is 36.7 Å². The number of carbonyl (C=O) groups excluding carboxylic acids is 3. The largest absolute Gasteiger partial charge is 0.366 e. The summed E-state index contributed by atoms with van der Waals surface area (Å²) in [6, 6.07) is 11.4. The highest BCUT2D eigenvalue weighted by atomic mass is 19.1. The number of imide groups is 1. The van der Waals surface area contributed by atoms with Gasteiger partial charge < -0.3 is 15.1 Å². The molecule has 1 atom stereocenters. The van der Waals surface area contributed by atoms with Crippen LogP contribution < -0.4 is 10.6 Å². The van der Waals surface area contributed by atoms with Gasteiger partial charge in [0.15, 0.2) is 0 Å². The number of piperidine rings is 1.